The number of benzene rings is 1. The number of rotatable bonds is 4. The molecule has 24 heavy (non-hydrogen) atoms. The number of dihydropyridines is 1. The van der Waals surface area contributed by atoms with Crippen LogP contribution in [0.2, 0.25) is 0 Å². The highest BCUT2D eigenvalue weighted by atomic mass is 16.3. The first-order valence-corrected chi connectivity index (χ1v) is 8.67. The average Bonchev–Trinajstić information content (AvgIpc) is 2.56. The molecule has 3 N–H and O–H groups in total. The third-order valence-electron chi connectivity index (χ3n) is 3.94. The summed E-state index contributed by atoms with van der Waals surface area (Å²) in [5.74, 6) is 0.250. The molecule has 2 atom stereocenters. The van der Waals surface area contributed by atoms with Crippen LogP contribution in [-0.4, -0.2) is 17.2 Å². The van der Waals surface area contributed by atoms with Crippen molar-refractivity contribution in [3.63, 3.8) is 0 Å². The van der Waals surface area contributed by atoms with Crippen LogP contribution in [0.4, 0.5) is 0 Å². The largest absolute Gasteiger partial charge is 0.506 e. The quantitative estimate of drug-likeness (QED) is 0.737. The summed E-state index contributed by atoms with van der Waals surface area (Å²) in [7, 11) is 0. The molecule has 1 aliphatic rings. The van der Waals surface area contributed by atoms with Gasteiger partial charge in [-0.15, -0.1) is 0 Å². The Bertz CT molecular complexity index is 591. The molecule has 0 bridgehead atoms. The summed E-state index contributed by atoms with van der Waals surface area (Å²) in [6, 6.07) is 8.83. The molecule has 0 saturated heterocycles. The van der Waals surface area contributed by atoms with E-state index >= 15 is 0 Å². The molecule has 1 heterocycles. The van der Waals surface area contributed by atoms with Gasteiger partial charge in [-0.1, -0.05) is 71.5 Å². The molecule has 0 spiro atoms. The Morgan fingerprint density at radius 1 is 1.21 bits per heavy atom. The zero-order chi connectivity index (χ0) is 18.3. The van der Waals surface area contributed by atoms with Crippen LogP contribution in [0.5, 0.6) is 0 Å². The van der Waals surface area contributed by atoms with Crippen LogP contribution in [0.15, 0.2) is 55.0 Å². The van der Waals surface area contributed by atoms with Crippen molar-refractivity contribution in [2.75, 3.05) is 0 Å². The highest BCUT2D eigenvalue weighted by Crippen LogP contribution is 2.23. The third kappa shape index (κ3) is 5.48. The van der Waals surface area contributed by atoms with Crippen molar-refractivity contribution in [3.8, 4) is 0 Å². The Morgan fingerprint density at radius 2 is 1.79 bits per heavy atom. The number of nitrogens with one attached hydrogen (secondary N) is 2. The first-order valence-electron chi connectivity index (χ1n) is 8.67. The van der Waals surface area contributed by atoms with Gasteiger partial charge >= 0.3 is 0 Å². The van der Waals surface area contributed by atoms with E-state index in [9.17, 15) is 5.11 Å². The van der Waals surface area contributed by atoms with Gasteiger partial charge in [0.15, 0.2) is 0 Å². The minimum atomic E-state index is 0.126. The minimum absolute atomic E-state index is 0.126. The molecular formula is C21H32N2O. The lowest BCUT2D eigenvalue weighted by Gasteiger charge is -2.26. The van der Waals surface area contributed by atoms with Crippen LogP contribution >= 0.6 is 0 Å². The maximum absolute atomic E-state index is 9.33. The van der Waals surface area contributed by atoms with Crippen LogP contribution < -0.4 is 10.6 Å². The maximum atomic E-state index is 9.33. The number of aliphatic hydroxyl groups is 1. The average molecular weight is 329 g/mol. The molecule has 2 rings (SSSR count). The van der Waals surface area contributed by atoms with E-state index in [0.29, 0.717) is 0 Å². The van der Waals surface area contributed by atoms with E-state index in [1.807, 2.05) is 19.9 Å². The smallest absolute Gasteiger partial charge is 0.130 e. The summed E-state index contributed by atoms with van der Waals surface area (Å²) >= 11 is 0. The van der Waals surface area contributed by atoms with E-state index in [4.69, 9.17) is 0 Å². The molecule has 2 unspecified atom stereocenters. The van der Waals surface area contributed by atoms with E-state index in [0.717, 1.165) is 11.3 Å². The first-order chi connectivity index (χ1) is 11.3. The lowest BCUT2D eigenvalue weighted by molar-refractivity contribution is 0.413. The fourth-order valence-electron chi connectivity index (χ4n) is 2.42. The molecule has 1 aliphatic heterocycles. The lowest BCUT2D eigenvalue weighted by atomic mass is 9.86. The summed E-state index contributed by atoms with van der Waals surface area (Å²) in [5.41, 5.74) is 3.47. The standard InChI is InChI=1S/C19H26N2O.C2H6/c1-13(15-6-8-16(9-7-15)19(3,4)5)21-14(2)18-11-10-17(22)12-20-18;1-2/h6-12,14,18,20-22H,1H2,2-5H3;1-2H3. The van der Waals surface area contributed by atoms with Crippen molar-refractivity contribution in [1.82, 2.24) is 10.6 Å². The van der Waals surface area contributed by atoms with Gasteiger partial charge in [0.25, 0.3) is 0 Å². The maximum Gasteiger partial charge on any atom is 0.130 e. The molecule has 1 aromatic carbocycles. The minimum Gasteiger partial charge on any atom is -0.506 e. The van der Waals surface area contributed by atoms with Crippen LogP contribution in [-0.2, 0) is 5.41 Å². The van der Waals surface area contributed by atoms with Gasteiger partial charge in [-0.05, 0) is 29.5 Å². The van der Waals surface area contributed by atoms with E-state index in [2.05, 4.69) is 69.2 Å². The van der Waals surface area contributed by atoms with E-state index in [1.54, 1.807) is 12.3 Å². The monoisotopic (exact) mass is 328 g/mol. The summed E-state index contributed by atoms with van der Waals surface area (Å²) < 4.78 is 0. The molecule has 0 saturated carbocycles. The SMILES string of the molecule is C=C(NC(C)C1C=CC(O)=CN1)c1ccc(C(C)(C)C)cc1.CC. The second-order valence-corrected chi connectivity index (χ2v) is 6.86. The molecule has 0 radical (unpaired) electrons. The van der Waals surface area contributed by atoms with Gasteiger partial charge in [-0.3, -0.25) is 0 Å². The van der Waals surface area contributed by atoms with Gasteiger partial charge < -0.3 is 15.7 Å². The lowest BCUT2D eigenvalue weighted by Crippen LogP contribution is -2.43. The predicted octanol–water partition coefficient (Wildman–Crippen LogP) is 4.89. The van der Waals surface area contributed by atoms with Crippen molar-refractivity contribution >= 4 is 5.70 Å². The number of allylic oxidation sites excluding steroid dienone is 1. The predicted molar refractivity (Wildman–Crippen MR) is 105 cm³/mol. The van der Waals surface area contributed by atoms with E-state index in [-0.39, 0.29) is 23.3 Å². The summed E-state index contributed by atoms with van der Waals surface area (Å²) in [4.78, 5) is 0. The fourth-order valence-corrected chi connectivity index (χ4v) is 2.42. The fraction of sp³-hybridized carbons (Fsp3) is 0.429. The van der Waals surface area contributed by atoms with Gasteiger partial charge in [0, 0.05) is 17.9 Å². The molecule has 3 heteroatoms. The zero-order valence-electron chi connectivity index (χ0n) is 15.9. The van der Waals surface area contributed by atoms with Gasteiger partial charge in [0.1, 0.15) is 5.76 Å². The van der Waals surface area contributed by atoms with Gasteiger partial charge in [0.05, 0.1) is 6.04 Å². The summed E-state index contributed by atoms with van der Waals surface area (Å²) in [5, 5.41) is 15.9. The van der Waals surface area contributed by atoms with Crippen LogP contribution in [0, 0.1) is 0 Å². The Kier molecular flexibility index (Phi) is 7.15. The van der Waals surface area contributed by atoms with E-state index in [1.165, 1.54) is 5.56 Å². The van der Waals surface area contributed by atoms with Crippen LogP contribution in [0.25, 0.3) is 5.70 Å². The van der Waals surface area contributed by atoms with Gasteiger partial charge in [0.2, 0.25) is 0 Å². The number of hydrogen-bond acceptors (Lipinski definition) is 3. The zero-order valence-corrected chi connectivity index (χ0v) is 15.9. The third-order valence-corrected chi connectivity index (χ3v) is 3.94. The molecule has 0 aromatic heterocycles. The Balaban J connectivity index is 0.00000139. The van der Waals surface area contributed by atoms with Gasteiger partial charge in [-0.25, -0.2) is 0 Å². The van der Waals surface area contributed by atoms with E-state index < -0.39 is 0 Å². The van der Waals surface area contributed by atoms with Gasteiger partial charge in [-0.2, -0.15) is 0 Å². The van der Waals surface area contributed by atoms with Crippen molar-refractivity contribution in [3.05, 3.63) is 66.1 Å². The normalized spacial score (nSPS) is 17.8. The second kappa shape index (κ2) is 8.62. The number of aliphatic hydroxyl groups excluding tert-OH is 1. The molecule has 3 nitrogen and oxygen atoms in total. The Morgan fingerprint density at radius 3 is 2.25 bits per heavy atom. The first kappa shape index (κ1) is 19.9. The van der Waals surface area contributed by atoms with Crippen molar-refractivity contribution in [2.24, 2.45) is 0 Å². The van der Waals surface area contributed by atoms with Crippen LogP contribution in [0.1, 0.15) is 52.7 Å². The summed E-state index contributed by atoms with van der Waals surface area (Å²) in [6.45, 7) is 16.9. The molecule has 0 fully saturated rings. The second-order valence-electron chi connectivity index (χ2n) is 6.86. The molecule has 132 valence electrons. The molecule has 0 amide bonds. The van der Waals surface area contributed by atoms with Crippen molar-refractivity contribution in [1.29, 1.82) is 0 Å². The topological polar surface area (TPSA) is 44.3 Å². The molecule has 1 aromatic rings. The van der Waals surface area contributed by atoms with Crippen molar-refractivity contribution in [2.45, 2.75) is 59.0 Å². The molecular weight excluding hydrogens is 296 g/mol. The Hall–Kier alpha value is -2.16. The molecule has 0 aliphatic carbocycles. The highest BCUT2D eigenvalue weighted by molar-refractivity contribution is 5.62. The highest BCUT2D eigenvalue weighted by Gasteiger charge is 2.17. The Labute approximate surface area is 147 Å². The summed E-state index contributed by atoms with van der Waals surface area (Å²) in [6.07, 6.45) is 5.27. The number of hydrogen-bond donors (Lipinski definition) is 3. The van der Waals surface area contributed by atoms with Crippen molar-refractivity contribution < 1.29 is 5.11 Å². The van der Waals surface area contributed by atoms with Crippen LogP contribution in [0.3, 0.4) is 0 Å².